The van der Waals surface area contributed by atoms with Crippen molar-refractivity contribution in [3.05, 3.63) is 30.1 Å². The number of anilines is 1. The van der Waals surface area contributed by atoms with E-state index in [1.54, 1.807) is 17.0 Å². The number of ether oxygens (including phenoxy) is 1. The highest BCUT2D eigenvalue weighted by molar-refractivity contribution is 5.93. The summed E-state index contributed by atoms with van der Waals surface area (Å²) >= 11 is 0. The number of carbonyl (C=O) groups is 1. The number of morpholine rings is 1. The van der Waals surface area contributed by atoms with Crippen LogP contribution in [-0.4, -0.2) is 38.3 Å². The number of hydrogen-bond acceptors (Lipinski definition) is 3. The summed E-state index contributed by atoms with van der Waals surface area (Å²) in [6, 6.07) is 6.16. The molecule has 1 aliphatic heterocycles. The molecule has 0 spiro atoms. The maximum atomic E-state index is 13.2. The van der Waals surface area contributed by atoms with E-state index in [4.69, 9.17) is 4.74 Å². The molecule has 5 heteroatoms. The maximum Gasteiger partial charge on any atom is 0.228 e. The van der Waals surface area contributed by atoms with Gasteiger partial charge in [-0.3, -0.25) is 4.79 Å². The first-order valence-corrected chi connectivity index (χ1v) is 6.57. The van der Waals surface area contributed by atoms with Gasteiger partial charge in [-0.1, -0.05) is 6.07 Å². The van der Waals surface area contributed by atoms with Crippen molar-refractivity contribution in [2.24, 2.45) is 0 Å². The Labute approximate surface area is 112 Å². The Hall–Kier alpha value is -1.46. The Morgan fingerprint density at radius 2 is 2.42 bits per heavy atom. The van der Waals surface area contributed by atoms with Crippen LogP contribution in [0.2, 0.25) is 0 Å². The van der Waals surface area contributed by atoms with Crippen molar-refractivity contribution in [1.82, 2.24) is 5.32 Å². The molecule has 0 bridgehead atoms. The number of benzene rings is 1. The highest BCUT2D eigenvalue weighted by atomic mass is 19.1. The van der Waals surface area contributed by atoms with Crippen molar-refractivity contribution in [1.29, 1.82) is 0 Å². The van der Waals surface area contributed by atoms with Crippen molar-refractivity contribution in [3.8, 4) is 0 Å². The third-order valence-corrected chi connectivity index (χ3v) is 3.16. The summed E-state index contributed by atoms with van der Waals surface area (Å²) in [6.07, 6.45) is 0.365. The summed E-state index contributed by atoms with van der Waals surface area (Å²) in [5, 5.41) is 3.25. The van der Waals surface area contributed by atoms with Crippen molar-refractivity contribution in [2.75, 3.05) is 31.2 Å². The SMILES string of the molecule is CCN(C(=O)CC1COCCN1)c1cccc(F)c1. The highest BCUT2D eigenvalue weighted by Crippen LogP contribution is 2.17. The Bertz CT molecular complexity index is 433. The molecule has 1 fully saturated rings. The molecule has 1 aliphatic rings. The third-order valence-electron chi connectivity index (χ3n) is 3.16. The van der Waals surface area contributed by atoms with Gasteiger partial charge in [0.1, 0.15) is 5.82 Å². The number of carbonyl (C=O) groups excluding carboxylic acids is 1. The first-order valence-electron chi connectivity index (χ1n) is 6.57. The second-order valence-corrected chi connectivity index (χ2v) is 4.55. The van der Waals surface area contributed by atoms with Crippen LogP contribution in [0.15, 0.2) is 24.3 Å². The molecular weight excluding hydrogens is 247 g/mol. The van der Waals surface area contributed by atoms with Gasteiger partial charge < -0.3 is 15.0 Å². The molecule has 0 aliphatic carbocycles. The van der Waals surface area contributed by atoms with E-state index in [0.717, 1.165) is 6.54 Å². The molecule has 1 saturated heterocycles. The van der Waals surface area contributed by atoms with Gasteiger partial charge in [-0.15, -0.1) is 0 Å². The van der Waals surface area contributed by atoms with Crippen molar-refractivity contribution in [2.45, 2.75) is 19.4 Å². The number of halogens is 1. The average Bonchev–Trinajstić information content (AvgIpc) is 2.41. The predicted octanol–water partition coefficient (Wildman–Crippen LogP) is 1.56. The summed E-state index contributed by atoms with van der Waals surface area (Å²) in [7, 11) is 0. The number of hydrogen-bond donors (Lipinski definition) is 1. The predicted molar refractivity (Wildman–Crippen MR) is 71.7 cm³/mol. The lowest BCUT2D eigenvalue weighted by molar-refractivity contribution is -0.119. The normalized spacial score (nSPS) is 19.2. The van der Waals surface area contributed by atoms with E-state index in [9.17, 15) is 9.18 Å². The molecule has 2 rings (SSSR count). The fourth-order valence-corrected chi connectivity index (χ4v) is 2.22. The van der Waals surface area contributed by atoms with Crippen LogP contribution in [0.1, 0.15) is 13.3 Å². The van der Waals surface area contributed by atoms with E-state index in [2.05, 4.69) is 5.32 Å². The van der Waals surface area contributed by atoms with Crippen LogP contribution in [-0.2, 0) is 9.53 Å². The lowest BCUT2D eigenvalue weighted by Gasteiger charge is -2.27. The molecule has 1 aromatic rings. The summed E-state index contributed by atoms with van der Waals surface area (Å²) < 4.78 is 18.5. The smallest absolute Gasteiger partial charge is 0.228 e. The van der Waals surface area contributed by atoms with Gasteiger partial charge in [0.15, 0.2) is 0 Å². The van der Waals surface area contributed by atoms with Crippen LogP contribution in [0.4, 0.5) is 10.1 Å². The number of rotatable bonds is 4. The van der Waals surface area contributed by atoms with Crippen LogP contribution < -0.4 is 10.2 Å². The molecule has 4 nitrogen and oxygen atoms in total. The van der Waals surface area contributed by atoms with Gasteiger partial charge in [-0.05, 0) is 25.1 Å². The molecule has 19 heavy (non-hydrogen) atoms. The molecule has 0 aromatic heterocycles. The van der Waals surface area contributed by atoms with Crippen LogP contribution in [0.25, 0.3) is 0 Å². The lowest BCUT2D eigenvalue weighted by Crippen LogP contribution is -2.45. The molecule has 1 atom stereocenters. The van der Waals surface area contributed by atoms with Crippen molar-refractivity contribution >= 4 is 11.6 Å². The Morgan fingerprint density at radius 1 is 1.58 bits per heavy atom. The minimum absolute atomic E-state index is 0.0175. The van der Waals surface area contributed by atoms with Crippen molar-refractivity contribution < 1.29 is 13.9 Å². The molecule has 104 valence electrons. The van der Waals surface area contributed by atoms with Gasteiger partial charge in [0, 0.05) is 31.2 Å². The van der Waals surface area contributed by atoms with Gasteiger partial charge in [0.25, 0.3) is 0 Å². The Kier molecular flexibility index (Phi) is 4.87. The van der Waals surface area contributed by atoms with E-state index in [1.165, 1.54) is 12.1 Å². The fourth-order valence-electron chi connectivity index (χ4n) is 2.22. The lowest BCUT2D eigenvalue weighted by atomic mass is 10.1. The average molecular weight is 266 g/mol. The minimum Gasteiger partial charge on any atom is -0.378 e. The van der Waals surface area contributed by atoms with E-state index >= 15 is 0 Å². The highest BCUT2D eigenvalue weighted by Gasteiger charge is 2.21. The molecule has 0 radical (unpaired) electrons. The Balaban J connectivity index is 2.02. The van der Waals surface area contributed by atoms with Crippen LogP contribution in [0.5, 0.6) is 0 Å². The zero-order chi connectivity index (χ0) is 13.7. The van der Waals surface area contributed by atoms with Gasteiger partial charge in [-0.2, -0.15) is 0 Å². The first-order chi connectivity index (χ1) is 9.20. The standard InChI is InChI=1S/C14H19FN2O2/c1-2-17(13-5-3-4-11(15)8-13)14(18)9-12-10-19-7-6-16-12/h3-5,8,12,16H,2,6-7,9-10H2,1H3. The summed E-state index contributed by atoms with van der Waals surface area (Å²) in [5.41, 5.74) is 0.601. The summed E-state index contributed by atoms with van der Waals surface area (Å²) in [5.74, 6) is -0.348. The minimum atomic E-state index is -0.331. The third kappa shape index (κ3) is 3.75. The number of nitrogens with one attached hydrogen (secondary N) is 1. The van der Waals surface area contributed by atoms with Crippen LogP contribution in [0, 0.1) is 5.82 Å². The Morgan fingerprint density at radius 3 is 3.05 bits per heavy atom. The monoisotopic (exact) mass is 266 g/mol. The van der Waals surface area contributed by atoms with E-state index < -0.39 is 0 Å². The summed E-state index contributed by atoms with van der Waals surface area (Å²) in [6.45, 7) is 4.41. The number of amides is 1. The largest absolute Gasteiger partial charge is 0.378 e. The fraction of sp³-hybridized carbons (Fsp3) is 0.500. The van der Waals surface area contributed by atoms with E-state index in [0.29, 0.717) is 31.9 Å². The van der Waals surface area contributed by atoms with Gasteiger partial charge in [0.2, 0.25) is 5.91 Å². The molecule has 1 amide bonds. The second kappa shape index (κ2) is 6.63. The van der Waals surface area contributed by atoms with Crippen molar-refractivity contribution in [3.63, 3.8) is 0 Å². The van der Waals surface area contributed by atoms with Crippen LogP contribution in [0.3, 0.4) is 0 Å². The van der Waals surface area contributed by atoms with Gasteiger partial charge in [0.05, 0.1) is 13.2 Å². The molecule has 1 heterocycles. The molecule has 1 aromatic carbocycles. The second-order valence-electron chi connectivity index (χ2n) is 4.55. The van der Waals surface area contributed by atoms with Gasteiger partial charge >= 0.3 is 0 Å². The number of nitrogens with zero attached hydrogens (tertiary/aromatic N) is 1. The zero-order valence-corrected chi connectivity index (χ0v) is 11.1. The van der Waals surface area contributed by atoms with Crippen LogP contribution >= 0.6 is 0 Å². The molecular formula is C14H19FN2O2. The topological polar surface area (TPSA) is 41.6 Å². The molecule has 1 N–H and O–H groups in total. The van der Waals surface area contributed by atoms with Gasteiger partial charge in [-0.25, -0.2) is 4.39 Å². The van der Waals surface area contributed by atoms with E-state index in [-0.39, 0.29) is 17.8 Å². The molecule has 1 unspecified atom stereocenters. The summed E-state index contributed by atoms with van der Waals surface area (Å²) in [4.78, 5) is 13.9. The zero-order valence-electron chi connectivity index (χ0n) is 11.1. The quantitative estimate of drug-likeness (QED) is 0.899. The molecule has 0 saturated carbocycles. The maximum absolute atomic E-state index is 13.2. The first kappa shape index (κ1) is 14.0. The van der Waals surface area contributed by atoms with E-state index in [1.807, 2.05) is 6.92 Å².